The molecule has 270 valence electrons. The molecule has 0 amide bonds. The van der Waals surface area contributed by atoms with Crippen LogP contribution in [0.3, 0.4) is 0 Å². The van der Waals surface area contributed by atoms with Crippen LogP contribution in [-0.4, -0.2) is 18.4 Å². The smallest absolute Gasteiger partial charge is 0.146 e. The number of hydrogen-bond donors (Lipinski definition) is 0. The topological polar surface area (TPSA) is 26.6 Å². The van der Waals surface area contributed by atoms with Gasteiger partial charge in [0, 0.05) is 65.1 Å². The van der Waals surface area contributed by atoms with Crippen LogP contribution in [0, 0.1) is 0 Å². The molecule has 15 rings (SSSR count). The quantitative estimate of drug-likeness (QED) is 0.173. The number of pyridine rings is 1. The van der Waals surface area contributed by atoms with E-state index in [1.165, 1.54) is 114 Å². The molecule has 6 aromatic heterocycles. The zero-order valence-corrected chi connectivity index (χ0v) is 31.6. The monoisotopic (exact) mass is 746 g/mol. The van der Waals surface area contributed by atoms with Gasteiger partial charge < -0.3 is 8.97 Å². The van der Waals surface area contributed by atoms with Crippen LogP contribution in [-0.2, 0) is 0 Å². The molecule has 0 aliphatic rings. The minimum Gasteiger partial charge on any atom is -0.309 e. The van der Waals surface area contributed by atoms with Gasteiger partial charge in [0.05, 0.1) is 44.1 Å². The van der Waals surface area contributed by atoms with Crippen molar-refractivity contribution in [1.82, 2.24) is 18.4 Å². The molecule has 0 aliphatic carbocycles. The van der Waals surface area contributed by atoms with Crippen molar-refractivity contribution in [2.45, 2.75) is 0 Å². The molecule has 0 spiro atoms. The van der Waals surface area contributed by atoms with Crippen LogP contribution in [0.15, 0.2) is 182 Å². The molecule has 0 bridgehead atoms. The zero-order valence-electron chi connectivity index (χ0n) is 31.6. The second-order valence-corrected chi connectivity index (χ2v) is 16.3. The Bertz CT molecular complexity index is 4300. The first-order valence-corrected chi connectivity index (χ1v) is 20.4. The van der Waals surface area contributed by atoms with Crippen molar-refractivity contribution >= 4 is 120 Å². The molecule has 6 heterocycles. The highest BCUT2D eigenvalue weighted by atomic mass is 15.0. The van der Waals surface area contributed by atoms with Crippen LogP contribution in [0.25, 0.3) is 137 Å². The molecule has 0 saturated carbocycles. The van der Waals surface area contributed by atoms with E-state index in [9.17, 15) is 0 Å². The van der Waals surface area contributed by atoms with E-state index in [4.69, 9.17) is 4.98 Å². The van der Waals surface area contributed by atoms with Gasteiger partial charge in [-0.25, -0.2) is 4.98 Å². The molecule has 0 aliphatic heterocycles. The number of benzene rings is 9. The molecule has 15 aromatic rings. The van der Waals surface area contributed by atoms with E-state index < -0.39 is 0 Å². The zero-order chi connectivity index (χ0) is 38.1. The van der Waals surface area contributed by atoms with E-state index in [1.54, 1.807) is 0 Å². The lowest BCUT2D eigenvalue weighted by Gasteiger charge is -2.12. The highest BCUT2D eigenvalue weighted by molar-refractivity contribution is 6.31. The third-order valence-corrected chi connectivity index (χ3v) is 13.4. The first-order valence-electron chi connectivity index (χ1n) is 20.4. The predicted octanol–water partition coefficient (Wildman–Crippen LogP) is 14.5. The Morgan fingerprint density at radius 2 is 0.949 bits per heavy atom. The van der Waals surface area contributed by atoms with Gasteiger partial charge in [0.25, 0.3) is 0 Å². The third kappa shape index (κ3) is 3.60. The maximum Gasteiger partial charge on any atom is 0.146 e. The number of hydrogen-bond acceptors (Lipinski definition) is 1. The second kappa shape index (κ2) is 10.5. The fraction of sp³-hybridized carbons (Fsp3) is 0. The van der Waals surface area contributed by atoms with Crippen molar-refractivity contribution in [3.8, 4) is 16.8 Å². The van der Waals surface area contributed by atoms with Crippen LogP contribution in [0.1, 0.15) is 0 Å². The maximum atomic E-state index is 5.73. The predicted molar refractivity (Wildman–Crippen MR) is 248 cm³/mol. The molecule has 0 fully saturated rings. The standard InChI is InChI=1S/C55H30N4/c1-2-14-34(15-3-1)57-46-23-9-8-18-37(46)43-29-33(25-27-47(43)57)49-35-16-6-5-13-32(35)28-44-39-20-11-22-42-50-48(58(53(39)42)54(44)49)30-45-40-21-10-19-38-41-26-24-31-12-4-7-17-36(31)51(41)59(52(38)40)55(45)56-50/h1-30H. The average molecular weight is 747 g/mol. The number of nitrogens with zero attached hydrogens (tertiary/aromatic N) is 4. The van der Waals surface area contributed by atoms with Crippen LogP contribution in [0.2, 0.25) is 0 Å². The summed E-state index contributed by atoms with van der Waals surface area (Å²) >= 11 is 0. The number of aromatic nitrogens is 4. The van der Waals surface area contributed by atoms with Gasteiger partial charge in [0.1, 0.15) is 5.65 Å². The molecule has 0 atom stereocenters. The molecule has 0 saturated heterocycles. The minimum absolute atomic E-state index is 1.01. The van der Waals surface area contributed by atoms with E-state index in [1.807, 2.05) is 0 Å². The van der Waals surface area contributed by atoms with Crippen LogP contribution in [0.5, 0.6) is 0 Å². The van der Waals surface area contributed by atoms with E-state index >= 15 is 0 Å². The minimum atomic E-state index is 1.01. The lowest BCUT2D eigenvalue weighted by atomic mass is 9.93. The third-order valence-electron chi connectivity index (χ3n) is 13.4. The largest absolute Gasteiger partial charge is 0.309 e. The summed E-state index contributed by atoms with van der Waals surface area (Å²) < 4.78 is 7.39. The molecular weight excluding hydrogens is 717 g/mol. The van der Waals surface area contributed by atoms with Crippen molar-refractivity contribution in [3.05, 3.63) is 182 Å². The average Bonchev–Trinajstić information content (AvgIpc) is 4.08. The molecule has 59 heavy (non-hydrogen) atoms. The molecule has 0 N–H and O–H groups in total. The summed E-state index contributed by atoms with van der Waals surface area (Å²) in [7, 11) is 0. The molecule has 0 radical (unpaired) electrons. The molecule has 0 unspecified atom stereocenters. The lowest BCUT2D eigenvalue weighted by Crippen LogP contribution is -1.93. The van der Waals surface area contributed by atoms with Gasteiger partial charge in [0.15, 0.2) is 0 Å². The highest BCUT2D eigenvalue weighted by Crippen LogP contribution is 2.48. The summed E-state index contributed by atoms with van der Waals surface area (Å²) in [5.41, 5.74) is 14.2. The fourth-order valence-corrected chi connectivity index (χ4v) is 11.1. The summed E-state index contributed by atoms with van der Waals surface area (Å²) in [5, 5.41) is 16.1. The van der Waals surface area contributed by atoms with Crippen molar-refractivity contribution in [2.75, 3.05) is 0 Å². The highest BCUT2D eigenvalue weighted by Gasteiger charge is 2.26. The molecule has 4 nitrogen and oxygen atoms in total. The van der Waals surface area contributed by atoms with E-state index in [-0.39, 0.29) is 0 Å². The second-order valence-electron chi connectivity index (χ2n) is 16.3. The van der Waals surface area contributed by atoms with Crippen molar-refractivity contribution in [2.24, 2.45) is 0 Å². The van der Waals surface area contributed by atoms with Crippen LogP contribution < -0.4 is 0 Å². The number of para-hydroxylation sites is 4. The number of rotatable bonds is 2. The summed E-state index contributed by atoms with van der Waals surface area (Å²) in [6, 6.07) is 67.3. The molecular formula is C55H30N4. The normalized spacial score (nSPS) is 12.7. The Labute approximate surface area is 335 Å². The number of fused-ring (bicyclic) bond motifs is 18. The van der Waals surface area contributed by atoms with Gasteiger partial charge in [-0.2, -0.15) is 0 Å². The summed E-state index contributed by atoms with van der Waals surface area (Å²) in [4.78, 5) is 5.73. The van der Waals surface area contributed by atoms with Gasteiger partial charge in [-0.1, -0.05) is 140 Å². The lowest BCUT2D eigenvalue weighted by molar-refractivity contribution is 1.18. The van der Waals surface area contributed by atoms with E-state index in [0.717, 1.165) is 22.4 Å². The first-order chi connectivity index (χ1) is 29.3. The fourth-order valence-electron chi connectivity index (χ4n) is 11.1. The summed E-state index contributed by atoms with van der Waals surface area (Å²) in [6.07, 6.45) is 0. The maximum absolute atomic E-state index is 5.73. The Morgan fingerprint density at radius 1 is 0.322 bits per heavy atom. The first kappa shape index (κ1) is 30.2. The van der Waals surface area contributed by atoms with Gasteiger partial charge in [-0.3, -0.25) is 4.40 Å². The van der Waals surface area contributed by atoms with Crippen LogP contribution >= 0.6 is 0 Å². The Kier molecular flexibility index (Phi) is 5.38. The van der Waals surface area contributed by atoms with Crippen molar-refractivity contribution in [3.63, 3.8) is 0 Å². The summed E-state index contributed by atoms with van der Waals surface area (Å²) in [6.45, 7) is 0. The Balaban J connectivity index is 1.11. The Morgan fingerprint density at radius 3 is 1.81 bits per heavy atom. The van der Waals surface area contributed by atoms with Gasteiger partial charge in [-0.05, 0) is 64.2 Å². The SMILES string of the molecule is c1ccc(-n2c3ccccc3c3cc(-c4c5ccccc5cc5c6cccc7c8nc9c(cc8n(c45)c67)c4cccc5c6ccc7ccccc7c6n9c45)ccc32)cc1. The van der Waals surface area contributed by atoms with Gasteiger partial charge in [0.2, 0.25) is 0 Å². The molecule has 9 aromatic carbocycles. The van der Waals surface area contributed by atoms with Crippen molar-refractivity contribution in [1.29, 1.82) is 0 Å². The molecule has 4 heteroatoms. The van der Waals surface area contributed by atoms with E-state index in [0.29, 0.717) is 0 Å². The Hall–Kier alpha value is -7.95. The van der Waals surface area contributed by atoms with Crippen LogP contribution in [0.4, 0.5) is 0 Å². The van der Waals surface area contributed by atoms with Gasteiger partial charge >= 0.3 is 0 Å². The van der Waals surface area contributed by atoms with Gasteiger partial charge in [-0.15, -0.1) is 0 Å². The summed E-state index contributed by atoms with van der Waals surface area (Å²) in [5.74, 6) is 0. The van der Waals surface area contributed by atoms with Crippen molar-refractivity contribution < 1.29 is 0 Å². The van der Waals surface area contributed by atoms with E-state index in [2.05, 4.69) is 195 Å².